The molecule has 0 radical (unpaired) electrons. The van der Waals surface area contributed by atoms with E-state index in [9.17, 15) is 9.18 Å². The Kier molecular flexibility index (Phi) is 3.49. The van der Waals surface area contributed by atoms with Gasteiger partial charge in [0.05, 0.1) is 10.7 Å². The van der Waals surface area contributed by atoms with E-state index in [4.69, 9.17) is 11.6 Å². The minimum absolute atomic E-state index is 0.339. The molecule has 1 aromatic heterocycles. The van der Waals surface area contributed by atoms with Gasteiger partial charge in [-0.05, 0) is 40.2 Å². The van der Waals surface area contributed by atoms with E-state index in [1.54, 1.807) is 0 Å². The number of anilines is 1. The van der Waals surface area contributed by atoms with E-state index in [-0.39, 0.29) is 11.7 Å². The number of carbonyl (C=O) groups excluding carboxylic acids is 1. The van der Waals surface area contributed by atoms with Gasteiger partial charge in [0.25, 0.3) is 5.91 Å². The molecule has 0 aliphatic heterocycles. The van der Waals surface area contributed by atoms with E-state index in [2.05, 4.69) is 26.2 Å². The summed E-state index contributed by atoms with van der Waals surface area (Å²) in [5.74, 6) is -0.720. The van der Waals surface area contributed by atoms with Gasteiger partial charge in [-0.25, -0.2) is 4.39 Å². The number of halogens is 3. The highest BCUT2D eigenvalue weighted by atomic mass is 79.9. The van der Waals surface area contributed by atoms with Gasteiger partial charge in [-0.3, -0.25) is 4.79 Å². The van der Waals surface area contributed by atoms with Crippen LogP contribution in [0.1, 0.15) is 10.5 Å². The molecular weight excluding hydrogens is 310 g/mol. The molecule has 6 heteroatoms. The predicted molar refractivity (Wildman–Crippen MR) is 67.9 cm³/mol. The van der Waals surface area contributed by atoms with Gasteiger partial charge >= 0.3 is 0 Å². The van der Waals surface area contributed by atoms with Crippen LogP contribution in [0, 0.1) is 5.82 Å². The van der Waals surface area contributed by atoms with Crippen molar-refractivity contribution in [3.05, 3.63) is 51.5 Å². The van der Waals surface area contributed by atoms with Crippen LogP contribution in [-0.4, -0.2) is 10.9 Å². The van der Waals surface area contributed by atoms with Gasteiger partial charge in [0.15, 0.2) is 0 Å². The van der Waals surface area contributed by atoms with Gasteiger partial charge in [-0.15, -0.1) is 0 Å². The Labute approximate surface area is 110 Å². The maximum Gasteiger partial charge on any atom is 0.272 e. The van der Waals surface area contributed by atoms with Gasteiger partial charge in [-0.1, -0.05) is 11.6 Å². The van der Waals surface area contributed by atoms with Crippen LogP contribution in [0.3, 0.4) is 0 Å². The zero-order valence-electron chi connectivity index (χ0n) is 8.43. The van der Waals surface area contributed by atoms with Gasteiger partial charge in [0.1, 0.15) is 11.5 Å². The first-order chi connectivity index (χ1) is 8.06. The number of benzene rings is 1. The number of aromatic nitrogens is 1. The molecule has 0 aliphatic carbocycles. The van der Waals surface area contributed by atoms with Crippen LogP contribution in [0.4, 0.5) is 10.1 Å². The Morgan fingerprint density at radius 1 is 1.41 bits per heavy atom. The molecule has 88 valence electrons. The van der Waals surface area contributed by atoms with E-state index < -0.39 is 0 Å². The Hall–Kier alpha value is -1.33. The third kappa shape index (κ3) is 2.87. The second kappa shape index (κ2) is 4.89. The standard InChI is InChI=1S/C11H7BrClFN2O/c12-8-4-7(14)1-2-9(8)16-11(17)10-3-6(13)5-15-10/h1-5,15H,(H,16,17). The Balaban J connectivity index is 2.18. The predicted octanol–water partition coefficient (Wildman–Crippen LogP) is 3.82. The highest BCUT2D eigenvalue weighted by Crippen LogP contribution is 2.23. The van der Waals surface area contributed by atoms with E-state index in [0.29, 0.717) is 20.9 Å². The number of hydrogen-bond donors (Lipinski definition) is 2. The smallest absolute Gasteiger partial charge is 0.272 e. The van der Waals surface area contributed by atoms with Crippen molar-refractivity contribution in [3.8, 4) is 0 Å². The summed E-state index contributed by atoms with van der Waals surface area (Å²) in [7, 11) is 0. The Morgan fingerprint density at radius 3 is 2.76 bits per heavy atom. The summed E-state index contributed by atoms with van der Waals surface area (Å²) in [6.45, 7) is 0. The lowest BCUT2D eigenvalue weighted by Gasteiger charge is -2.05. The highest BCUT2D eigenvalue weighted by molar-refractivity contribution is 9.10. The average Bonchev–Trinajstić information content (AvgIpc) is 2.69. The molecule has 1 amide bonds. The van der Waals surface area contributed by atoms with Crippen LogP contribution in [0.15, 0.2) is 34.9 Å². The minimum atomic E-state index is -0.377. The van der Waals surface area contributed by atoms with E-state index in [0.717, 1.165) is 0 Å². The number of aromatic amines is 1. The van der Waals surface area contributed by atoms with Crippen LogP contribution in [-0.2, 0) is 0 Å². The fourth-order valence-corrected chi connectivity index (χ4v) is 1.89. The summed E-state index contributed by atoms with van der Waals surface area (Å²) in [6, 6.07) is 5.52. The third-order valence-electron chi connectivity index (χ3n) is 2.07. The zero-order chi connectivity index (χ0) is 12.4. The van der Waals surface area contributed by atoms with Gasteiger partial charge < -0.3 is 10.3 Å². The van der Waals surface area contributed by atoms with E-state index >= 15 is 0 Å². The summed E-state index contributed by atoms with van der Waals surface area (Å²) in [5, 5.41) is 3.08. The summed E-state index contributed by atoms with van der Waals surface area (Å²) >= 11 is 8.85. The van der Waals surface area contributed by atoms with Crippen molar-refractivity contribution < 1.29 is 9.18 Å². The maximum absolute atomic E-state index is 12.8. The van der Waals surface area contributed by atoms with Crippen LogP contribution in [0.25, 0.3) is 0 Å². The van der Waals surface area contributed by atoms with Crippen molar-refractivity contribution in [3.63, 3.8) is 0 Å². The fourth-order valence-electron chi connectivity index (χ4n) is 1.28. The number of amides is 1. The Bertz CT molecular complexity index is 570. The SMILES string of the molecule is O=C(Nc1ccc(F)cc1Br)c1cc(Cl)c[nH]1. The van der Waals surface area contributed by atoms with E-state index in [1.807, 2.05) is 0 Å². The topological polar surface area (TPSA) is 44.9 Å². The summed E-state index contributed by atoms with van der Waals surface area (Å²) in [4.78, 5) is 14.5. The van der Waals surface area contributed by atoms with Crippen molar-refractivity contribution >= 4 is 39.1 Å². The zero-order valence-corrected chi connectivity index (χ0v) is 10.8. The molecule has 0 saturated heterocycles. The molecule has 2 aromatic rings. The van der Waals surface area contributed by atoms with Crippen molar-refractivity contribution in [2.45, 2.75) is 0 Å². The normalized spacial score (nSPS) is 10.3. The second-order valence-electron chi connectivity index (χ2n) is 3.31. The lowest BCUT2D eigenvalue weighted by Crippen LogP contribution is -2.12. The maximum atomic E-state index is 12.8. The molecule has 1 heterocycles. The van der Waals surface area contributed by atoms with Crippen molar-refractivity contribution in [1.82, 2.24) is 4.98 Å². The first-order valence-electron chi connectivity index (χ1n) is 4.66. The molecule has 3 nitrogen and oxygen atoms in total. The number of hydrogen-bond acceptors (Lipinski definition) is 1. The minimum Gasteiger partial charge on any atom is -0.356 e. The number of carbonyl (C=O) groups is 1. The molecule has 0 saturated carbocycles. The molecule has 0 unspecified atom stereocenters. The molecule has 0 fully saturated rings. The molecule has 2 N–H and O–H groups in total. The molecule has 0 bridgehead atoms. The quantitative estimate of drug-likeness (QED) is 0.869. The summed E-state index contributed by atoms with van der Waals surface area (Å²) in [5.41, 5.74) is 0.827. The lowest BCUT2D eigenvalue weighted by atomic mass is 10.3. The van der Waals surface area contributed by atoms with Gasteiger partial charge in [0, 0.05) is 10.7 Å². The van der Waals surface area contributed by atoms with Crippen molar-refractivity contribution in [2.24, 2.45) is 0 Å². The van der Waals surface area contributed by atoms with Crippen LogP contribution in [0.5, 0.6) is 0 Å². The molecular formula is C11H7BrClFN2O. The van der Waals surface area contributed by atoms with Gasteiger partial charge in [-0.2, -0.15) is 0 Å². The molecule has 2 rings (SSSR count). The molecule has 1 aromatic carbocycles. The van der Waals surface area contributed by atoms with Crippen molar-refractivity contribution in [2.75, 3.05) is 5.32 Å². The highest BCUT2D eigenvalue weighted by Gasteiger charge is 2.10. The first-order valence-corrected chi connectivity index (χ1v) is 5.83. The van der Waals surface area contributed by atoms with Gasteiger partial charge in [0.2, 0.25) is 0 Å². The fraction of sp³-hybridized carbons (Fsp3) is 0. The third-order valence-corrected chi connectivity index (χ3v) is 2.95. The van der Waals surface area contributed by atoms with E-state index in [1.165, 1.54) is 30.5 Å². The summed E-state index contributed by atoms with van der Waals surface area (Å²) in [6.07, 6.45) is 1.51. The molecule has 0 aliphatic rings. The monoisotopic (exact) mass is 316 g/mol. The van der Waals surface area contributed by atoms with Crippen LogP contribution >= 0.6 is 27.5 Å². The van der Waals surface area contributed by atoms with Crippen LogP contribution in [0.2, 0.25) is 5.02 Å². The Morgan fingerprint density at radius 2 is 2.18 bits per heavy atom. The number of H-pyrrole nitrogens is 1. The first kappa shape index (κ1) is 12.1. The molecule has 17 heavy (non-hydrogen) atoms. The van der Waals surface area contributed by atoms with Crippen LogP contribution < -0.4 is 5.32 Å². The largest absolute Gasteiger partial charge is 0.356 e. The summed E-state index contributed by atoms with van der Waals surface area (Å²) < 4.78 is 13.3. The second-order valence-corrected chi connectivity index (χ2v) is 4.60. The molecule has 0 spiro atoms. The van der Waals surface area contributed by atoms with Crippen molar-refractivity contribution in [1.29, 1.82) is 0 Å². The lowest BCUT2D eigenvalue weighted by molar-refractivity contribution is 0.102. The number of nitrogens with one attached hydrogen (secondary N) is 2. The average molecular weight is 318 g/mol. The molecule has 0 atom stereocenters. The number of rotatable bonds is 2.